The van der Waals surface area contributed by atoms with Crippen LogP contribution in [0.25, 0.3) is 10.4 Å². The standard InChI is InChI=1S/C24H32N4O4S2/c1-13(16-6-8-17(9-7-16)20-14(2)25-12-34-20)26-22(31)19-10-18(30)11-28(19)23(32)21(24(4,5)33)27-15(3)29/h6-9,12-13,18-19,21,30,33H,10-11H2,1-5H3,(H,26,31)(H,27,29)/t13-,18+,19?,21+/m0/s1. The molecule has 0 aliphatic carbocycles. The molecular weight excluding hydrogens is 472 g/mol. The number of carbonyl (C=O) groups is 3. The summed E-state index contributed by atoms with van der Waals surface area (Å²) in [6, 6.07) is 5.85. The van der Waals surface area contributed by atoms with Crippen LogP contribution in [-0.2, 0) is 14.4 Å². The van der Waals surface area contributed by atoms with Gasteiger partial charge in [0.2, 0.25) is 17.7 Å². The van der Waals surface area contributed by atoms with Crippen LogP contribution in [0.5, 0.6) is 0 Å². The molecule has 34 heavy (non-hydrogen) atoms. The Kier molecular flexibility index (Phi) is 8.05. The van der Waals surface area contributed by atoms with Crippen molar-refractivity contribution in [2.75, 3.05) is 6.54 Å². The average Bonchev–Trinajstić information content (AvgIpc) is 3.36. The van der Waals surface area contributed by atoms with Crippen molar-refractivity contribution in [2.45, 2.75) is 70.0 Å². The number of aliphatic hydroxyl groups excluding tert-OH is 1. The van der Waals surface area contributed by atoms with E-state index in [9.17, 15) is 19.5 Å². The number of aryl methyl sites for hydroxylation is 1. The first-order chi connectivity index (χ1) is 15.9. The lowest BCUT2D eigenvalue weighted by Crippen LogP contribution is -2.59. The number of thiazole rings is 1. The molecule has 1 aromatic heterocycles. The fourth-order valence-electron chi connectivity index (χ4n) is 4.11. The summed E-state index contributed by atoms with van der Waals surface area (Å²) in [4.78, 5) is 44.9. The van der Waals surface area contributed by atoms with E-state index in [-0.39, 0.29) is 30.8 Å². The predicted molar refractivity (Wildman–Crippen MR) is 136 cm³/mol. The smallest absolute Gasteiger partial charge is 0.247 e. The zero-order valence-corrected chi connectivity index (χ0v) is 21.7. The number of amides is 3. The number of nitrogens with zero attached hydrogens (tertiary/aromatic N) is 2. The number of hydrogen-bond acceptors (Lipinski definition) is 7. The maximum atomic E-state index is 13.3. The number of β-amino-alcohol motifs (C(OH)–C–C–N with tert-alkyl or cyclic N) is 1. The van der Waals surface area contributed by atoms with Gasteiger partial charge in [-0.1, -0.05) is 24.3 Å². The Balaban J connectivity index is 1.72. The van der Waals surface area contributed by atoms with Crippen LogP contribution < -0.4 is 10.6 Å². The summed E-state index contributed by atoms with van der Waals surface area (Å²) in [6.07, 6.45) is -0.689. The highest BCUT2D eigenvalue weighted by molar-refractivity contribution is 7.81. The van der Waals surface area contributed by atoms with Gasteiger partial charge in [0.1, 0.15) is 12.1 Å². The monoisotopic (exact) mass is 504 g/mol. The Morgan fingerprint density at radius 3 is 2.41 bits per heavy atom. The lowest BCUT2D eigenvalue weighted by atomic mass is 10.0. The molecular formula is C24H32N4O4S2. The number of likely N-dealkylation sites (tertiary alicyclic amines) is 1. The van der Waals surface area contributed by atoms with Crippen molar-refractivity contribution in [3.8, 4) is 10.4 Å². The van der Waals surface area contributed by atoms with Gasteiger partial charge in [0.15, 0.2) is 0 Å². The number of aliphatic hydroxyl groups is 1. The largest absolute Gasteiger partial charge is 0.391 e. The van der Waals surface area contributed by atoms with Gasteiger partial charge in [-0.2, -0.15) is 12.6 Å². The molecule has 3 N–H and O–H groups in total. The maximum absolute atomic E-state index is 13.3. The maximum Gasteiger partial charge on any atom is 0.247 e. The number of hydrogen-bond donors (Lipinski definition) is 4. The summed E-state index contributed by atoms with van der Waals surface area (Å²) in [6.45, 7) is 8.63. The molecule has 1 aromatic carbocycles. The van der Waals surface area contributed by atoms with E-state index in [4.69, 9.17) is 0 Å². The van der Waals surface area contributed by atoms with Gasteiger partial charge in [-0.25, -0.2) is 4.98 Å². The van der Waals surface area contributed by atoms with Gasteiger partial charge in [-0.15, -0.1) is 11.3 Å². The van der Waals surface area contributed by atoms with Crippen LogP contribution in [0, 0.1) is 6.92 Å². The van der Waals surface area contributed by atoms with E-state index >= 15 is 0 Å². The zero-order valence-electron chi connectivity index (χ0n) is 20.0. The number of rotatable bonds is 7. The number of benzene rings is 1. The number of nitrogens with one attached hydrogen (secondary N) is 2. The quantitative estimate of drug-likeness (QED) is 0.433. The minimum atomic E-state index is -0.936. The normalized spacial score (nSPS) is 20.0. The highest BCUT2D eigenvalue weighted by Crippen LogP contribution is 2.29. The van der Waals surface area contributed by atoms with Crippen molar-refractivity contribution in [1.29, 1.82) is 0 Å². The van der Waals surface area contributed by atoms with Crippen LogP contribution in [-0.4, -0.2) is 62.2 Å². The Hall–Kier alpha value is -2.43. The first kappa shape index (κ1) is 26.2. The fraction of sp³-hybridized carbons (Fsp3) is 0.500. The van der Waals surface area contributed by atoms with Gasteiger partial charge in [-0.3, -0.25) is 14.4 Å². The van der Waals surface area contributed by atoms with Gasteiger partial charge in [0.25, 0.3) is 0 Å². The molecule has 1 saturated heterocycles. The summed E-state index contributed by atoms with van der Waals surface area (Å²) in [5, 5.41) is 15.8. The van der Waals surface area contributed by atoms with Crippen molar-refractivity contribution in [3.05, 3.63) is 41.0 Å². The molecule has 8 nitrogen and oxygen atoms in total. The SMILES string of the molecule is CC(=O)N[C@H](C(=O)N1C[C@H](O)CC1C(=O)N[C@@H](C)c1ccc(-c2scnc2C)cc1)C(C)(C)S. The van der Waals surface area contributed by atoms with E-state index in [0.717, 1.165) is 21.7 Å². The van der Waals surface area contributed by atoms with Gasteiger partial charge in [-0.05, 0) is 38.8 Å². The summed E-state index contributed by atoms with van der Waals surface area (Å²) in [7, 11) is 0. The van der Waals surface area contributed by atoms with Gasteiger partial charge in [0.05, 0.1) is 28.2 Å². The van der Waals surface area contributed by atoms with E-state index in [0.29, 0.717) is 0 Å². The summed E-state index contributed by atoms with van der Waals surface area (Å²) >= 11 is 6.05. The van der Waals surface area contributed by atoms with E-state index in [1.165, 1.54) is 11.8 Å². The summed E-state index contributed by atoms with van der Waals surface area (Å²) in [5.41, 5.74) is 4.78. The second-order valence-corrected chi connectivity index (χ2v) is 11.3. The molecule has 1 aliphatic heterocycles. The van der Waals surface area contributed by atoms with E-state index < -0.39 is 28.8 Å². The third kappa shape index (κ3) is 5.97. The molecule has 2 heterocycles. The van der Waals surface area contributed by atoms with Gasteiger partial charge < -0.3 is 20.6 Å². The van der Waals surface area contributed by atoms with E-state index in [1.807, 2.05) is 43.6 Å². The molecule has 184 valence electrons. The highest BCUT2D eigenvalue weighted by atomic mass is 32.1. The van der Waals surface area contributed by atoms with E-state index in [2.05, 4.69) is 28.2 Å². The highest BCUT2D eigenvalue weighted by Gasteiger charge is 2.44. The molecule has 3 amide bonds. The van der Waals surface area contributed by atoms with Crippen LogP contribution in [0.4, 0.5) is 0 Å². The molecule has 2 aromatic rings. The Morgan fingerprint density at radius 2 is 1.88 bits per heavy atom. The molecule has 1 aliphatic rings. The molecule has 0 spiro atoms. The van der Waals surface area contributed by atoms with Crippen LogP contribution in [0.2, 0.25) is 0 Å². The van der Waals surface area contributed by atoms with Crippen molar-refractivity contribution < 1.29 is 19.5 Å². The third-order valence-corrected chi connectivity index (χ3v) is 7.18. The molecule has 1 unspecified atom stereocenters. The topological polar surface area (TPSA) is 112 Å². The molecule has 10 heteroatoms. The summed E-state index contributed by atoms with van der Waals surface area (Å²) < 4.78 is -0.858. The second-order valence-electron chi connectivity index (χ2n) is 9.30. The van der Waals surface area contributed by atoms with Crippen molar-refractivity contribution >= 4 is 41.7 Å². The van der Waals surface area contributed by atoms with Gasteiger partial charge in [0, 0.05) is 24.6 Å². The predicted octanol–water partition coefficient (Wildman–Crippen LogP) is 2.47. The van der Waals surface area contributed by atoms with Crippen LogP contribution in [0.1, 0.15) is 51.4 Å². The molecule has 0 radical (unpaired) electrons. The first-order valence-electron chi connectivity index (χ1n) is 11.2. The number of thiol groups is 1. The Morgan fingerprint density at radius 1 is 1.24 bits per heavy atom. The molecule has 1 fully saturated rings. The third-order valence-electron chi connectivity index (χ3n) is 5.94. The lowest BCUT2D eigenvalue weighted by Gasteiger charge is -2.34. The van der Waals surface area contributed by atoms with Crippen molar-refractivity contribution in [3.63, 3.8) is 0 Å². The molecule has 4 atom stereocenters. The second kappa shape index (κ2) is 10.5. The van der Waals surface area contributed by atoms with Crippen LogP contribution in [0.15, 0.2) is 29.8 Å². The Labute approximate surface area is 209 Å². The Bertz CT molecular complexity index is 1050. The van der Waals surface area contributed by atoms with Crippen molar-refractivity contribution in [1.82, 2.24) is 20.5 Å². The minimum Gasteiger partial charge on any atom is -0.391 e. The van der Waals surface area contributed by atoms with Crippen molar-refractivity contribution in [2.24, 2.45) is 0 Å². The van der Waals surface area contributed by atoms with E-state index in [1.54, 1.807) is 25.2 Å². The fourth-order valence-corrected chi connectivity index (χ4v) is 5.10. The number of carbonyl (C=O) groups excluding carboxylic acids is 3. The van der Waals surface area contributed by atoms with Crippen LogP contribution in [0.3, 0.4) is 0 Å². The molecule has 3 rings (SSSR count). The summed E-state index contributed by atoms with van der Waals surface area (Å²) in [5.74, 6) is -1.16. The zero-order chi connectivity index (χ0) is 25.2. The van der Waals surface area contributed by atoms with Gasteiger partial charge >= 0.3 is 0 Å². The molecule has 0 saturated carbocycles. The average molecular weight is 505 g/mol. The first-order valence-corrected chi connectivity index (χ1v) is 12.5. The molecule has 0 bridgehead atoms. The van der Waals surface area contributed by atoms with Crippen LogP contribution >= 0.6 is 24.0 Å². The minimum absolute atomic E-state index is 0.0220. The number of aromatic nitrogens is 1. The lowest BCUT2D eigenvalue weighted by molar-refractivity contribution is -0.142.